The van der Waals surface area contributed by atoms with E-state index in [9.17, 15) is 5.11 Å². The van der Waals surface area contributed by atoms with Crippen molar-refractivity contribution < 1.29 is 5.11 Å². The van der Waals surface area contributed by atoms with Crippen LogP contribution in [0.4, 0.5) is 0 Å². The molecule has 6 heteroatoms. The predicted molar refractivity (Wildman–Crippen MR) is 133 cm³/mol. The summed E-state index contributed by atoms with van der Waals surface area (Å²) in [5, 5.41) is 11.5. The Morgan fingerprint density at radius 2 is 1.97 bits per heavy atom. The molecule has 0 radical (unpaired) electrons. The number of aliphatic hydroxyl groups is 1. The lowest BCUT2D eigenvalue weighted by Gasteiger charge is -2.35. The molecule has 1 aliphatic heterocycles. The van der Waals surface area contributed by atoms with Crippen molar-refractivity contribution >= 4 is 23.3 Å². The van der Waals surface area contributed by atoms with Gasteiger partial charge in [0.15, 0.2) is 0 Å². The molecular formula is C27H31ClN4O. The second-order valence-corrected chi connectivity index (χ2v) is 9.95. The maximum Gasteiger partial charge on any atom is 0.0978 e. The van der Waals surface area contributed by atoms with Crippen LogP contribution in [0.3, 0.4) is 0 Å². The van der Waals surface area contributed by atoms with Crippen LogP contribution < -0.4 is 0 Å². The molecule has 3 aromatic rings. The number of piperidine rings is 1. The second-order valence-electron chi connectivity index (χ2n) is 9.52. The largest absolute Gasteiger partial charge is 0.387 e. The van der Waals surface area contributed by atoms with Gasteiger partial charge in [-0.3, -0.25) is 4.98 Å². The molecule has 5 rings (SSSR count). The molecule has 2 atom stereocenters. The highest BCUT2D eigenvalue weighted by Crippen LogP contribution is 2.45. The molecule has 33 heavy (non-hydrogen) atoms. The summed E-state index contributed by atoms with van der Waals surface area (Å²) in [7, 11) is 4.12. The van der Waals surface area contributed by atoms with E-state index in [4.69, 9.17) is 16.6 Å². The Kier molecular flexibility index (Phi) is 6.37. The Bertz CT molecular complexity index is 1160. The molecule has 1 aliphatic carbocycles. The van der Waals surface area contributed by atoms with Gasteiger partial charge in [0.1, 0.15) is 0 Å². The van der Waals surface area contributed by atoms with E-state index in [0.717, 1.165) is 43.1 Å². The molecule has 0 saturated carbocycles. The Labute approximate surface area is 200 Å². The molecule has 2 aliphatic rings. The van der Waals surface area contributed by atoms with E-state index >= 15 is 0 Å². The predicted octanol–water partition coefficient (Wildman–Crippen LogP) is 5.31. The number of aryl methyl sites for hydroxylation is 1. The first-order valence-corrected chi connectivity index (χ1v) is 12.2. The average molecular weight is 463 g/mol. The maximum atomic E-state index is 10.8. The quantitative estimate of drug-likeness (QED) is 0.558. The molecule has 5 nitrogen and oxygen atoms in total. The highest BCUT2D eigenvalue weighted by molar-refractivity contribution is 6.30. The monoisotopic (exact) mass is 462 g/mol. The summed E-state index contributed by atoms with van der Waals surface area (Å²) in [5.74, 6) is 0.790. The number of hydrogen-bond acceptors (Lipinski definition) is 4. The molecule has 2 unspecified atom stereocenters. The molecular weight excluding hydrogens is 432 g/mol. The van der Waals surface area contributed by atoms with Crippen LogP contribution >= 0.6 is 11.6 Å². The number of aliphatic hydroxyl groups excluding tert-OH is 1. The minimum atomic E-state index is -0.598. The lowest BCUT2D eigenvalue weighted by atomic mass is 9.76. The van der Waals surface area contributed by atoms with Crippen LogP contribution in [0.5, 0.6) is 0 Å². The second kappa shape index (κ2) is 9.41. The van der Waals surface area contributed by atoms with Gasteiger partial charge in [-0.15, -0.1) is 0 Å². The summed E-state index contributed by atoms with van der Waals surface area (Å²) in [5.41, 5.74) is 6.76. The van der Waals surface area contributed by atoms with Crippen molar-refractivity contribution in [1.82, 2.24) is 19.4 Å². The minimum absolute atomic E-state index is 0.247. The van der Waals surface area contributed by atoms with Gasteiger partial charge in [0.25, 0.3) is 0 Å². The Morgan fingerprint density at radius 3 is 2.73 bits per heavy atom. The van der Waals surface area contributed by atoms with Crippen molar-refractivity contribution in [2.24, 2.45) is 13.0 Å². The zero-order valence-corrected chi connectivity index (χ0v) is 20.0. The number of hydrogen-bond donors (Lipinski definition) is 1. The van der Waals surface area contributed by atoms with E-state index in [0.29, 0.717) is 18.0 Å². The molecule has 1 N–H and O–H groups in total. The zero-order chi connectivity index (χ0) is 22.9. The highest BCUT2D eigenvalue weighted by atomic mass is 35.5. The number of likely N-dealkylation sites (tertiary alicyclic amines) is 1. The number of halogens is 1. The lowest BCUT2D eigenvalue weighted by molar-refractivity contribution is 0.165. The third-order valence-electron chi connectivity index (χ3n) is 7.18. The zero-order valence-electron chi connectivity index (χ0n) is 19.3. The fourth-order valence-electron chi connectivity index (χ4n) is 5.39. The third-order valence-corrected chi connectivity index (χ3v) is 7.42. The van der Waals surface area contributed by atoms with Crippen LogP contribution in [0.2, 0.25) is 5.02 Å². The highest BCUT2D eigenvalue weighted by Gasteiger charge is 2.34. The van der Waals surface area contributed by atoms with E-state index in [1.807, 2.05) is 36.1 Å². The Morgan fingerprint density at radius 1 is 1.15 bits per heavy atom. The molecule has 1 fully saturated rings. The fraction of sp³-hybridized carbons (Fsp3) is 0.407. The molecule has 1 saturated heterocycles. The van der Waals surface area contributed by atoms with Crippen LogP contribution in [-0.4, -0.2) is 44.7 Å². The van der Waals surface area contributed by atoms with Gasteiger partial charge in [0, 0.05) is 30.4 Å². The average Bonchev–Trinajstić information content (AvgIpc) is 3.20. The summed E-state index contributed by atoms with van der Waals surface area (Å²) in [4.78, 5) is 11.7. The van der Waals surface area contributed by atoms with Crippen LogP contribution in [-0.2, 0) is 7.05 Å². The van der Waals surface area contributed by atoms with Crippen LogP contribution in [0, 0.1) is 5.92 Å². The smallest absolute Gasteiger partial charge is 0.0978 e. The number of aromatic nitrogens is 3. The van der Waals surface area contributed by atoms with Gasteiger partial charge in [-0.1, -0.05) is 29.8 Å². The van der Waals surface area contributed by atoms with E-state index in [2.05, 4.69) is 41.2 Å². The molecule has 3 heterocycles. The normalized spacial score (nSPS) is 20.0. The third kappa shape index (κ3) is 4.63. The summed E-state index contributed by atoms with van der Waals surface area (Å²) in [6.45, 7) is 2.23. The number of fused-ring (bicyclic) bond motifs is 2. The molecule has 0 amide bonds. The minimum Gasteiger partial charge on any atom is -0.387 e. The van der Waals surface area contributed by atoms with Crippen LogP contribution in [0.15, 0.2) is 49.1 Å². The van der Waals surface area contributed by atoms with Crippen LogP contribution in [0.1, 0.15) is 65.8 Å². The number of pyridine rings is 1. The summed E-state index contributed by atoms with van der Waals surface area (Å²) in [6.07, 6.45) is 10.9. The van der Waals surface area contributed by atoms with Gasteiger partial charge in [-0.05, 0) is 92.2 Å². The first-order chi connectivity index (χ1) is 16.0. The summed E-state index contributed by atoms with van der Waals surface area (Å²) < 4.78 is 1.87. The van der Waals surface area contributed by atoms with Crippen molar-refractivity contribution in [1.29, 1.82) is 0 Å². The first kappa shape index (κ1) is 22.3. The van der Waals surface area contributed by atoms with E-state index < -0.39 is 6.10 Å². The summed E-state index contributed by atoms with van der Waals surface area (Å²) >= 11 is 6.45. The Hall–Kier alpha value is -2.47. The molecule has 0 bridgehead atoms. The van der Waals surface area contributed by atoms with Gasteiger partial charge < -0.3 is 14.6 Å². The van der Waals surface area contributed by atoms with Crippen molar-refractivity contribution in [3.05, 3.63) is 82.2 Å². The van der Waals surface area contributed by atoms with Gasteiger partial charge in [0.05, 0.1) is 23.8 Å². The standard InChI is InChI=1S/C27H31ClN4O/c1-31-12-9-18(10-13-31)26-22-7-6-21(28)15-20(22)14-19(23-4-3-11-29-27(23)26)5-8-25(33)24-16-32(2)17-30-24/h3-4,6-7,11,14-18,25-26,33H,5,8-10,12-13H2,1-2H3. The van der Waals surface area contributed by atoms with E-state index in [-0.39, 0.29) is 5.92 Å². The number of allylic oxidation sites excluding steroid dienone is 1. The van der Waals surface area contributed by atoms with E-state index in [1.165, 1.54) is 22.3 Å². The van der Waals surface area contributed by atoms with Crippen molar-refractivity contribution in [3.63, 3.8) is 0 Å². The van der Waals surface area contributed by atoms with Gasteiger partial charge in [-0.25, -0.2) is 4.98 Å². The van der Waals surface area contributed by atoms with Crippen molar-refractivity contribution in [2.45, 2.75) is 37.7 Å². The SMILES string of the molecule is CN1CCC(C2c3ccc(Cl)cc3C=C(CCC(O)c3cn(C)cn3)c3cccnc32)CC1. The number of benzene rings is 1. The van der Waals surface area contributed by atoms with Gasteiger partial charge in [-0.2, -0.15) is 0 Å². The van der Waals surface area contributed by atoms with Gasteiger partial charge in [0.2, 0.25) is 0 Å². The first-order valence-electron chi connectivity index (χ1n) is 11.8. The fourth-order valence-corrected chi connectivity index (χ4v) is 5.58. The lowest BCUT2D eigenvalue weighted by Crippen LogP contribution is -2.33. The van der Waals surface area contributed by atoms with E-state index in [1.54, 1.807) is 6.33 Å². The molecule has 1 aromatic carbocycles. The molecule has 2 aromatic heterocycles. The Balaban J connectivity index is 1.53. The van der Waals surface area contributed by atoms with Crippen molar-refractivity contribution in [2.75, 3.05) is 20.1 Å². The summed E-state index contributed by atoms with van der Waals surface area (Å²) in [6, 6.07) is 10.5. The molecule has 172 valence electrons. The van der Waals surface area contributed by atoms with Crippen LogP contribution in [0.25, 0.3) is 11.6 Å². The number of nitrogens with zero attached hydrogens (tertiary/aromatic N) is 4. The number of imidazole rings is 1. The topological polar surface area (TPSA) is 54.2 Å². The molecule has 0 spiro atoms. The van der Waals surface area contributed by atoms with Gasteiger partial charge >= 0.3 is 0 Å². The maximum absolute atomic E-state index is 10.8. The van der Waals surface area contributed by atoms with Crippen molar-refractivity contribution in [3.8, 4) is 0 Å². The number of rotatable bonds is 5.